The van der Waals surface area contributed by atoms with Crippen LogP contribution in [0.15, 0.2) is 18.2 Å². The Morgan fingerprint density at radius 3 is 2.37 bits per heavy atom. The van der Waals surface area contributed by atoms with E-state index in [1.807, 2.05) is 0 Å². The van der Waals surface area contributed by atoms with E-state index in [9.17, 15) is 5.11 Å². The summed E-state index contributed by atoms with van der Waals surface area (Å²) in [6.07, 6.45) is 2.70. The summed E-state index contributed by atoms with van der Waals surface area (Å²) in [4.78, 5) is 2.41. The van der Waals surface area contributed by atoms with Crippen molar-refractivity contribution in [2.45, 2.75) is 45.3 Å². The summed E-state index contributed by atoms with van der Waals surface area (Å²) in [6.45, 7) is 7.27. The summed E-state index contributed by atoms with van der Waals surface area (Å²) in [5.74, 6) is 0. The van der Waals surface area contributed by atoms with Gasteiger partial charge in [-0.25, -0.2) is 0 Å². The topological polar surface area (TPSA) is 49.5 Å². The largest absolute Gasteiger partial charge is 0.393 e. The van der Waals surface area contributed by atoms with Gasteiger partial charge in [-0.05, 0) is 45.2 Å². The van der Waals surface area contributed by atoms with Crippen molar-refractivity contribution in [2.75, 3.05) is 19.6 Å². The summed E-state index contributed by atoms with van der Waals surface area (Å²) >= 11 is 0. The smallest absolute Gasteiger partial charge is 0.0564 e. The molecule has 0 saturated carbocycles. The van der Waals surface area contributed by atoms with E-state index in [4.69, 9.17) is 5.73 Å². The minimum atomic E-state index is -0.0932. The van der Waals surface area contributed by atoms with Gasteiger partial charge in [0.15, 0.2) is 0 Å². The van der Waals surface area contributed by atoms with Gasteiger partial charge in [-0.2, -0.15) is 0 Å². The second-order valence-corrected chi connectivity index (χ2v) is 5.89. The maximum Gasteiger partial charge on any atom is 0.0564 e. The number of piperidine rings is 1. The minimum absolute atomic E-state index is 0.0932. The molecule has 3 nitrogen and oxygen atoms in total. The molecule has 19 heavy (non-hydrogen) atoms. The highest BCUT2D eigenvalue weighted by molar-refractivity contribution is 5.30. The summed E-state index contributed by atoms with van der Waals surface area (Å²) in [5, 5.41) is 9.49. The molecular weight excluding hydrogens is 236 g/mol. The number of hydrogen-bond acceptors (Lipinski definition) is 3. The fourth-order valence-electron chi connectivity index (χ4n) is 2.86. The van der Waals surface area contributed by atoms with E-state index >= 15 is 0 Å². The number of aliphatic hydroxyl groups excluding tert-OH is 1. The monoisotopic (exact) mass is 262 g/mol. The van der Waals surface area contributed by atoms with Crippen molar-refractivity contribution >= 4 is 0 Å². The molecule has 0 aromatic heterocycles. The molecular formula is C16H26N2O. The Hall–Kier alpha value is -0.900. The van der Waals surface area contributed by atoms with Crippen LogP contribution in [0.1, 0.15) is 42.0 Å². The van der Waals surface area contributed by atoms with Gasteiger partial charge in [0.25, 0.3) is 0 Å². The number of benzene rings is 1. The lowest BCUT2D eigenvalue weighted by Gasteiger charge is -2.30. The number of aliphatic hydroxyl groups is 1. The first-order chi connectivity index (χ1) is 9.04. The van der Waals surface area contributed by atoms with Gasteiger partial charge in [0, 0.05) is 19.1 Å². The number of nitrogens with two attached hydrogens (primary N) is 1. The fourth-order valence-corrected chi connectivity index (χ4v) is 2.86. The Morgan fingerprint density at radius 1 is 1.21 bits per heavy atom. The van der Waals surface area contributed by atoms with Crippen LogP contribution in [0, 0.1) is 13.8 Å². The molecule has 2 rings (SSSR count). The maximum atomic E-state index is 9.49. The Labute approximate surface area is 116 Å². The molecule has 106 valence electrons. The highest BCUT2D eigenvalue weighted by atomic mass is 16.3. The van der Waals surface area contributed by atoms with E-state index < -0.39 is 0 Å². The van der Waals surface area contributed by atoms with E-state index in [0.717, 1.165) is 38.9 Å². The first-order valence-corrected chi connectivity index (χ1v) is 7.29. The number of hydrogen-bond donors (Lipinski definition) is 2. The van der Waals surface area contributed by atoms with Crippen molar-refractivity contribution in [2.24, 2.45) is 5.73 Å². The standard InChI is InChI=1S/C16H26N2O/c1-12-9-13(2)11-14(10-12)16(17)5-8-18-6-3-15(19)4-7-18/h9-11,15-16,19H,3-8,17H2,1-2H3. The van der Waals surface area contributed by atoms with Crippen LogP contribution in [0.4, 0.5) is 0 Å². The lowest BCUT2D eigenvalue weighted by molar-refractivity contribution is 0.0812. The average Bonchev–Trinajstić information content (AvgIpc) is 2.36. The van der Waals surface area contributed by atoms with E-state index in [-0.39, 0.29) is 12.1 Å². The third-order valence-electron chi connectivity index (χ3n) is 3.99. The lowest BCUT2D eigenvalue weighted by atomic mass is 9.99. The molecule has 0 bridgehead atoms. The van der Waals surface area contributed by atoms with Crippen molar-refractivity contribution in [1.82, 2.24) is 4.90 Å². The van der Waals surface area contributed by atoms with E-state index in [0.29, 0.717) is 0 Å². The Bertz CT molecular complexity index is 391. The number of nitrogens with zero attached hydrogens (tertiary/aromatic N) is 1. The van der Waals surface area contributed by atoms with Crippen LogP contribution < -0.4 is 5.73 Å². The Morgan fingerprint density at radius 2 is 1.79 bits per heavy atom. The minimum Gasteiger partial charge on any atom is -0.393 e. The van der Waals surface area contributed by atoms with E-state index in [2.05, 4.69) is 36.9 Å². The van der Waals surface area contributed by atoms with E-state index in [1.54, 1.807) is 0 Å². The van der Waals surface area contributed by atoms with Crippen LogP contribution in [0.25, 0.3) is 0 Å². The third kappa shape index (κ3) is 4.30. The van der Waals surface area contributed by atoms with Gasteiger partial charge in [-0.15, -0.1) is 0 Å². The predicted octanol–water partition coefficient (Wildman–Crippen LogP) is 2.15. The van der Waals surface area contributed by atoms with Crippen molar-refractivity contribution in [3.05, 3.63) is 34.9 Å². The highest BCUT2D eigenvalue weighted by Crippen LogP contribution is 2.19. The van der Waals surface area contributed by atoms with Crippen molar-refractivity contribution < 1.29 is 5.11 Å². The summed E-state index contributed by atoms with van der Waals surface area (Å²) in [6, 6.07) is 6.68. The number of aryl methyl sites for hydroxylation is 2. The summed E-state index contributed by atoms with van der Waals surface area (Å²) < 4.78 is 0. The van der Waals surface area contributed by atoms with Gasteiger partial charge < -0.3 is 15.7 Å². The van der Waals surface area contributed by atoms with E-state index in [1.165, 1.54) is 16.7 Å². The van der Waals surface area contributed by atoms with Crippen LogP contribution in [-0.2, 0) is 0 Å². The second kappa shape index (κ2) is 6.51. The van der Waals surface area contributed by atoms with Crippen LogP contribution >= 0.6 is 0 Å². The van der Waals surface area contributed by atoms with Crippen molar-refractivity contribution in [3.63, 3.8) is 0 Å². The lowest BCUT2D eigenvalue weighted by Crippen LogP contribution is -2.37. The van der Waals surface area contributed by atoms with Crippen LogP contribution in [0.2, 0.25) is 0 Å². The van der Waals surface area contributed by atoms with Gasteiger partial charge >= 0.3 is 0 Å². The average molecular weight is 262 g/mol. The van der Waals surface area contributed by atoms with Gasteiger partial charge in [-0.1, -0.05) is 29.3 Å². The zero-order valence-corrected chi connectivity index (χ0v) is 12.1. The van der Waals surface area contributed by atoms with Crippen LogP contribution in [0.3, 0.4) is 0 Å². The molecule has 1 saturated heterocycles. The first kappa shape index (κ1) is 14.5. The molecule has 1 aromatic carbocycles. The van der Waals surface area contributed by atoms with Gasteiger partial charge in [0.05, 0.1) is 6.10 Å². The molecule has 0 amide bonds. The molecule has 1 fully saturated rings. The zero-order valence-electron chi connectivity index (χ0n) is 12.1. The molecule has 1 aliphatic rings. The highest BCUT2D eigenvalue weighted by Gasteiger charge is 2.17. The first-order valence-electron chi connectivity index (χ1n) is 7.29. The molecule has 3 N–H and O–H groups in total. The van der Waals surface area contributed by atoms with Gasteiger partial charge in [0.2, 0.25) is 0 Å². The molecule has 1 unspecified atom stereocenters. The Balaban J connectivity index is 1.85. The zero-order chi connectivity index (χ0) is 13.8. The predicted molar refractivity (Wildman–Crippen MR) is 79.1 cm³/mol. The van der Waals surface area contributed by atoms with Crippen LogP contribution in [-0.4, -0.2) is 35.7 Å². The molecule has 1 aromatic rings. The van der Waals surface area contributed by atoms with Gasteiger partial charge in [0.1, 0.15) is 0 Å². The summed E-state index contributed by atoms with van der Waals surface area (Å²) in [7, 11) is 0. The molecule has 0 spiro atoms. The van der Waals surface area contributed by atoms with Gasteiger partial charge in [-0.3, -0.25) is 0 Å². The maximum absolute atomic E-state index is 9.49. The third-order valence-corrected chi connectivity index (χ3v) is 3.99. The number of likely N-dealkylation sites (tertiary alicyclic amines) is 1. The van der Waals surface area contributed by atoms with Crippen molar-refractivity contribution in [1.29, 1.82) is 0 Å². The molecule has 1 atom stereocenters. The van der Waals surface area contributed by atoms with Crippen molar-refractivity contribution in [3.8, 4) is 0 Å². The van der Waals surface area contributed by atoms with Crippen LogP contribution in [0.5, 0.6) is 0 Å². The number of rotatable bonds is 4. The molecule has 1 heterocycles. The normalized spacial score (nSPS) is 19.6. The SMILES string of the molecule is Cc1cc(C)cc(C(N)CCN2CCC(O)CC2)c1. The fraction of sp³-hybridized carbons (Fsp3) is 0.625. The molecule has 3 heteroatoms. The quantitative estimate of drug-likeness (QED) is 0.874. The second-order valence-electron chi connectivity index (χ2n) is 5.89. The molecule has 0 radical (unpaired) electrons. The molecule has 0 aliphatic carbocycles. The summed E-state index contributed by atoms with van der Waals surface area (Å²) in [5.41, 5.74) is 10.1. The molecule has 1 aliphatic heterocycles. The Kier molecular flexibility index (Phi) is 4.97.